The van der Waals surface area contributed by atoms with E-state index in [1.807, 2.05) is 20.8 Å². The number of hydrogen-bond donors (Lipinski definition) is 1. The standard InChI is InChI=1S/C16H30N4O4/c1-16(2,3)14(12-21)19-15(22)13-24-11-7-10-23-9-6-4-5-8-18-20-17/h12,14H,4-11,13H2,1-3H3,(H,19,22)/t14-/m1/s1. The highest BCUT2D eigenvalue weighted by molar-refractivity contribution is 5.80. The zero-order valence-electron chi connectivity index (χ0n) is 15.0. The average Bonchev–Trinajstić information content (AvgIpc) is 2.52. The predicted octanol–water partition coefficient (Wildman–Crippen LogP) is 2.62. The fraction of sp³-hybridized carbons (Fsp3) is 0.875. The summed E-state index contributed by atoms with van der Waals surface area (Å²) >= 11 is 0. The maximum Gasteiger partial charge on any atom is 0.246 e. The number of hydrogen-bond acceptors (Lipinski definition) is 5. The molecular formula is C16H30N4O4. The summed E-state index contributed by atoms with van der Waals surface area (Å²) in [6.07, 6.45) is 4.24. The van der Waals surface area contributed by atoms with Crippen LogP contribution in [0.5, 0.6) is 0 Å². The Morgan fingerprint density at radius 3 is 2.46 bits per heavy atom. The summed E-state index contributed by atoms with van der Waals surface area (Å²) in [5.41, 5.74) is 7.80. The molecule has 8 nitrogen and oxygen atoms in total. The Labute approximate surface area is 143 Å². The number of amides is 1. The lowest BCUT2D eigenvalue weighted by molar-refractivity contribution is -0.129. The Hall–Kier alpha value is -1.63. The van der Waals surface area contributed by atoms with Gasteiger partial charge >= 0.3 is 0 Å². The molecule has 0 bridgehead atoms. The molecule has 0 aromatic carbocycles. The van der Waals surface area contributed by atoms with Crippen LogP contribution in [0.3, 0.4) is 0 Å². The van der Waals surface area contributed by atoms with Crippen molar-refractivity contribution < 1.29 is 19.1 Å². The van der Waals surface area contributed by atoms with Gasteiger partial charge < -0.3 is 19.6 Å². The Morgan fingerprint density at radius 1 is 1.17 bits per heavy atom. The predicted molar refractivity (Wildman–Crippen MR) is 91.6 cm³/mol. The van der Waals surface area contributed by atoms with Crippen molar-refractivity contribution in [1.29, 1.82) is 0 Å². The van der Waals surface area contributed by atoms with Gasteiger partial charge in [0.25, 0.3) is 0 Å². The van der Waals surface area contributed by atoms with Crippen molar-refractivity contribution in [3.8, 4) is 0 Å². The van der Waals surface area contributed by atoms with Crippen molar-refractivity contribution in [1.82, 2.24) is 5.32 Å². The molecule has 0 saturated heterocycles. The Kier molecular flexibility index (Phi) is 12.8. The average molecular weight is 342 g/mol. The number of carbonyl (C=O) groups excluding carboxylic acids is 2. The Balaban J connectivity index is 3.48. The molecule has 0 aromatic rings. The summed E-state index contributed by atoms with van der Waals surface area (Å²) in [6, 6.07) is -0.518. The van der Waals surface area contributed by atoms with E-state index in [-0.39, 0.29) is 17.9 Å². The third-order valence-corrected chi connectivity index (χ3v) is 3.31. The van der Waals surface area contributed by atoms with Crippen LogP contribution < -0.4 is 5.32 Å². The van der Waals surface area contributed by atoms with Crippen LogP contribution in [0.2, 0.25) is 0 Å². The molecule has 0 rings (SSSR count). The first kappa shape index (κ1) is 22.4. The zero-order chi connectivity index (χ0) is 18.3. The maximum absolute atomic E-state index is 11.7. The number of rotatable bonds is 14. The molecule has 0 aliphatic heterocycles. The number of nitrogens with zero attached hydrogens (tertiary/aromatic N) is 3. The molecule has 0 heterocycles. The first-order chi connectivity index (χ1) is 11.4. The summed E-state index contributed by atoms with van der Waals surface area (Å²) in [5, 5.41) is 6.11. The molecular weight excluding hydrogens is 312 g/mol. The highest BCUT2D eigenvalue weighted by atomic mass is 16.5. The maximum atomic E-state index is 11.7. The van der Waals surface area contributed by atoms with E-state index in [2.05, 4.69) is 15.3 Å². The lowest BCUT2D eigenvalue weighted by Gasteiger charge is -2.26. The Bertz CT molecular complexity index is 403. The molecule has 24 heavy (non-hydrogen) atoms. The minimum Gasteiger partial charge on any atom is -0.381 e. The molecule has 0 spiro atoms. The molecule has 0 fully saturated rings. The van der Waals surface area contributed by atoms with Crippen LogP contribution in [0.25, 0.3) is 10.4 Å². The second-order valence-corrected chi connectivity index (χ2v) is 6.58. The fourth-order valence-electron chi connectivity index (χ4n) is 1.81. The van der Waals surface area contributed by atoms with E-state index < -0.39 is 6.04 Å². The van der Waals surface area contributed by atoms with E-state index in [0.29, 0.717) is 32.8 Å². The van der Waals surface area contributed by atoms with Crippen LogP contribution in [0, 0.1) is 5.41 Å². The molecule has 0 unspecified atom stereocenters. The fourth-order valence-corrected chi connectivity index (χ4v) is 1.81. The van der Waals surface area contributed by atoms with Crippen LogP contribution in [-0.2, 0) is 19.1 Å². The molecule has 1 N–H and O–H groups in total. The largest absolute Gasteiger partial charge is 0.381 e. The highest BCUT2D eigenvalue weighted by Crippen LogP contribution is 2.17. The molecule has 8 heteroatoms. The van der Waals surface area contributed by atoms with Crippen molar-refractivity contribution in [3.63, 3.8) is 0 Å². The van der Waals surface area contributed by atoms with Crippen LogP contribution in [-0.4, -0.2) is 51.2 Å². The van der Waals surface area contributed by atoms with Gasteiger partial charge in [-0.05, 0) is 30.2 Å². The van der Waals surface area contributed by atoms with Gasteiger partial charge in [0.05, 0.1) is 6.04 Å². The van der Waals surface area contributed by atoms with Gasteiger partial charge in [-0.25, -0.2) is 0 Å². The molecule has 138 valence electrons. The summed E-state index contributed by atoms with van der Waals surface area (Å²) in [5.74, 6) is -0.289. The third-order valence-electron chi connectivity index (χ3n) is 3.31. The number of unbranched alkanes of at least 4 members (excludes halogenated alkanes) is 2. The van der Waals surface area contributed by atoms with Gasteiger partial charge in [0, 0.05) is 31.3 Å². The van der Waals surface area contributed by atoms with Crippen molar-refractivity contribution in [2.24, 2.45) is 10.5 Å². The quantitative estimate of drug-likeness (QED) is 0.172. The molecule has 0 aliphatic carbocycles. The van der Waals surface area contributed by atoms with Gasteiger partial charge in [-0.3, -0.25) is 4.79 Å². The van der Waals surface area contributed by atoms with Gasteiger partial charge in [-0.2, -0.15) is 0 Å². The van der Waals surface area contributed by atoms with E-state index in [4.69, 9.17) is 15.0 Å². The highest BCUT2D eigenvalue weighted by Gasteiger charge is 2.25. The first-order valence-corrected chi connectivity index (χ1v) is 8.32. The molecule has 0 saturated carbocycles. The topological polar surface area (TPSA) is 113 Å². The number of azide groups is 1. The van der Waals surface area contributed by atoms with Gasteiger partial charge in [0.2, 0.25) is 5.91 Å². The molecule has 1 amide bonds. The minimum absolute atomic E-state index is 0.0557. The second-order valence-electron chi connectivity index (χ2n) is 6.58. The third kappa shape index (κ3) is 12.9. The Morgan fingerprint density at radius 2 is 1.83 bits per heavy atom. The SMILES string of the molecule is CC(C)(C)[C@@H](C=O)NC(=O)COCCCOCCCCCN=[N+]=[N-]. The number of aldehydes is 1. The van der Waals surface area contributed by atoms with E-state index in [0.717, 1.165) is 25.5 Å². The minimum atomic E-state index is -0.518. The summed E-state index contributed by atoms with van der Waals surface area (Å²) in [4.78, 5) is 25.3. The summed E-state index contributed by atoms with van der Waals surface area (Å²) in [7, 11) is 0. The molecule has 0 aromatic heterocycles. The van der Waals surface area contributed by atoms with Gasteiger partial charge in [-0.15, -0.1) is 0 Å². The lowest BCUT2D eigenvalue weighted by atomic mass is 9.88. The van der Waals surface area contributed by atoms with E-state index in [1.165, 1.54) is 0 Å². The molecule has 0 aliphatic rings. The van der Waals surface area contributed by atoms with E-state index in [1.54, 1.807) is 0 Å². The summed E-state index contributed by atoms with van der Waals surface area (Å²) in [6.45, 7) is 7.84. The van der Waals surface area contributed by atoms with Gasteiger partial charge in [0.15, 0.2) is 0 Å². The van der Waals surface area contributed by atoms with Crippen molar-refractivity contribution in [3.05, 3.63) is 10.4 Å². The zero-order valence-corrected chi connectivity index (χ0v) is 15.0. The number of nitrogens with one attached hydrogen (secondary N) is 1. The number of ether oxygens (including phenoxy) is 2. The molecule has 0 radical (unpaired) electrons. The first-order valence-electron chi connectivity index (χ1n) is 8.32. The lowest BCUT2D eigenvalue weighted by Crippen LogP contribution is -2.46. The summed E-state index contributed by atoms with van der Waals surface area (Å²) < 4.78 is 10.7. The van der Waals surface area contributed by atoms with E-state index in [9.17, 15) is 9.59 Å². The van der Waals surface area contributed by atoms with Crippen LogP contribution in [0.1, 0.15) is 46.5 Å². The molecule has 1 atom stereocenters. The monoisotopic (exact) mass is 342 g/mol. The number of carbonyl (C=O) groups is 2. The van der Waals surface area contributed by atoms with Crippen molar-refractivity contribution in [2.75, 3.05) is 33.0 Å². The van der Waals surface area contributed by atoms with Crippen LogP contribution >= 0.6 is 0 Å². The van der Waals surface area contributed by atoms with Crippen LogP contribution in [0.15, 0.2) is 5.11 Å². The van der Waals surface area contributed by atoms with Gasteiger partial charge in [-0.1, -0.05) is 32.3 Å². The normalized spacial score (nSPS) is 12.3. The smallest absolute Gasteiger partial charge is 0.246 e. The van der Waals surface area contributed by atoms with Crippen LogP contribution in [0.4, 0.5) is 0 Å². The van der Waals surface area contributed by atoms with Crippen molar-refractivity contribution in [2.45, 2.75) is 52.5 Å². The second kappa shape index (κ2) is 13.8. The van der Waals surface area contributed by atoms with Gasteiger partial charge in [0.1, 0.15) is 12.9 Å². The van der Waals surface area contributed by atoms with Crippen molar-refractivity contribution >= 4 is 12.2 Å². The van der Waals surface area contributed by atoms with E-state index >= 15 is 0 Å².